The number of carbonyl (C=O) groups is 2. The Morgan fingerprint density at radius 2 is 2.00 bits per heavy atom. The molecule has 0 spiro atoms. The van der Waals surface area contributed by atoms with Crippen LogP contribution in [0.1, 0.15) is 18.9 Å². The van der Waals surface area contributed by atoms with Crippen LogP contribution < -0.4 is 16.1 Å². The normalized spacial score (nSPS) is 15.7. The molecule has 0 aliphatic carbocycles. The number of hydrazone groups is 1. The van der Waals surface area contributed by atoms with Crippen LogP contribution in [0.2, 0.25) is 0 Å². The summed E-state index contributed by atoms with van der Waals surface area (Å²) in [5.74, 6) is -1.76. The van der Waals surface area contributed by atoms with Gasteiger partial charge in [-0.3, -0.25) is 24.7 Å². The Morgan fingerprint density at radius 1 is 1.31 bits per heavy atom. The molecule has 0 radical (unpaired) electrons. The number of nitro benzene ring substituents is 1. The molecule has 1 unspecified atom stereocenters. The Hall–Kier alpha value is -3.82. The number of primary amides is 1. The van der Waals surface area contributed by atoms with Gasteiger partial charge in [-0.25, -0.2) is 4.39 Å². The molecule has 0 bridgehead atoms. The monoisotopic (exact) mass is 399 g/mol. The molecule has 0 saturated heterocycles. The van der Waals surface area contributed by atoms with Crippen molar-refractivity contribution in [2.45, 2.75) is 25.8 Å². The predicted octanol–water partition coefficient (Wildman–Crippen LogP) is 2.36. The van der Waals surface area contributed by atoms with Gasteiger partial charge in [0.25, 0.3) is 11.6 Å². The lowest BCUT2D eigenvalue weighted by Gasteiger charge is -2.20. The van der Waals surface area contributed by atoms with Gasteiger partial charge in [0.05, 0.1) is 10.6 Å². The van der Waals surface area contributed by atoms with Gasteiger partial charge in [-0.05, 0) is 36.8 Å². The minimum atomic E-state index is -0.905. The average molecular weight is 399 g/mol. The van der Waals surface area contributed by atoms with Crippen LogP contribution in [0.15, 0.2) is 47.6 Å². The zero-order chi connectivity index (χ0) is 21.1. The highest BCUT2D eigenvalue weighted by Crippen LogP contribution is 2.27. The van der Waals surface area contributed by atoms with Crippen LogP contribution >= 0.6 is 0 Å². The quantitative estimate of drug-likeness (QED) is 0.569. The first kappa shape index (κ1) is 19.9. The first-order chi connectivity index (χ1) is 13.8. The molecule has 3 N–H and O–H groups in total. The van der Waals surface area contributed by atoms with Gasteiger partial charge >= 0.3 is 0 Å². The molecular formula is C19H18FN5O4. The number of hydrogen-bond acceptors (Lipinski definition) is 6. The number of carbonyl (C=O) groups excluding carboxylic acids is 2. The maximum Gasteiger partial charge on any atom is 0.274 e. The van der Waals surface area contributed by atoms with Crippen LogP contribution in [0.5, 0.6) is 0 Å². The zero-order valence-electron chi connectivity index (χ0n) is 15.5. The fourth-order valence-electron chi connectivity index (χ4n) is 3.01. The second-order valence-electron chi connectivity index (χ2n) is 6.40. The van der Waals surface area contributed by atoms with E-state index in [2.05, 4.69) is 10.4 Å². The van der Waals surface area contributed by atoms with Crippen molar-refractivity contribution in [2.24, 2.45) is 10.8 Å². The third-order valence-corrected chi connectivity index (χ3v) is 4.51. The number of amides is 2. The van der Waals surface area contributed by atoms with Crippen molar-refractivity contribution in [3.63, 3.8) is 0 Å². The molecule has 10 heteroatoms. The Balaban J connectivity index is 1.84. The van der Waals surface area contributed by atoms with E-state index in [0.29, 0.717) is 17.7 Å². The summed E-state index contributed by atoms with van der Waals surface area (Å²) in [6, 6.07) is 8.74. The highest BCUT2D eigenvalue weighted by atomic mass is 19.1. The third kappa shape index (κ3) is 4.21. The summed E-state index contributed by atoms with van der Waals surface area (Å²) in [5.41, 5.74) is 6.53. The lowest BCUT2D eigenvalue weighted by atomic mass is 10.1. The van der Waals surface area contributed by atoms with Crippen molar-refractivity contribution in [2.75, 3.05) is 10.3 Å². The lowest BCUT2D eigenvalue weighted by molar-refractivity contribution is -0.385. The first-order valence-corrected chi connectivity index (χ1v) is 8.80. The van der Waals surface area contributed by atoms with Crippen molar-refractivity contribution in [1.29, 1.82) is 0 Å². The topological polar surface area (TPSA) is 131 Å². The number of aryl methyl sites for hydroxylation is 1. The van der Waals surface area contributed by atoms with E-state index in [9.17, 15) is 24.1 Å². The van der Waals surface area contributed by atoms with Gasteiger partial charge in [-0.1, -0.05) is 13.0 Å². The molecule has 1 heterocycles. The highest BCUT2D eigenvalue weighted by Gasteiger charge is 2.35. The second kappa shape index (κ2) is 8.05. The first-order valence-electron chi connectivity index (χ1n) is 8.80. The average Bonchev–Trinajstić information content (AvgIpc) is 3.14. The van der Waals surface area contributed by atoms with Gasteiger partial charge in [-0.2, -0.15) is 5.10 Å². The van der Waals surface area contributed by atoms with E-state index >= 15 is 0 Å². The molecule has 9 nitrogen and oxygen atoms in total. The number of nitrogens with one attached hydrogen (secondary N) is 1. The fourth-order valence-corrected chi connectivity index (χ4v) is 3.01. The number of hydrogen-bond donors (Lipinski definition) is 2. The Bertz CT molecular complexity index is 1010. The maximum absolute atomic E-state index is 13.2. The molecule has 150 valence electrons. The standard InChI is InChI=1S/C19H18FN5O4/c1-2-11-3-6-13(9-16(11)25(28)29)22-19(27)15-10-17(18(21)26)24(23-15)14-7-4-12(20)5-8-14/h3-9,17H,2,10H2,1H3,(H2,21,26)(H,22,27). The van der Waals surface area contributed by atoms with Crippen LogP contribution in [0.4, 0.5) is 21.5 Å². The van der Waals surface area contributed by atoms with Crippen LogP contribution in [-0.2, 0) is 16.0 Å². The largest absolute Gasteiger partial charge is 0.368 e. The van der Waals surface area contributed by atoms with Gasteiger partial charge in [0, 0.05) is 23.7 Å². The van der Waals surface area contributed by atoms with E-state index in [1.807, 2.05) is 0 Å². The summed E-state index contributed by atoms with van der Waals surface area (Å²) in [6.07, 6.45) is 0.428. The van der Waals surface area contributed by atoms with E-state index in [1.165, 1.54) is 35.3 Å². The zero-order valence-corrected chi connectivity index (χ0v) is 15.5. The van der Waals surface area contributed by atoms with E-state index in [4.69, 9.17) is 5.73 Å². The van der Waals surface area contributed by atoms with Crippen molar-refractivity contribution in [3.8, 4) is 0 Å². The molecule has 1 aliphatic heterocycles. The molecule has 29 heavy (non-hydrogen) atoms. The molecule has 2 aromatic rings. The molecule has 1 aliphatic rings. The Labute approximate surface area is 165 Å². The van der Waals surface area contributed by atoms with Crippen molar-refractivity contribution in [1.82, 2.24) is 0 Å². The molecular weight excluding hydrogens is 381 g/mol. The van der Waals surface area contributed by atoms with Gasteiger partial charge in [-0.15, -0.1) is 0 Å². The van der Waals surface area contributed by atoms with Crippen LogP contribution in [0, 0.1) is 15.9 Å². The summed E-state index contributed by atoms with van der Waals surface area (Å²) in [7, 11) is 0. The molecule has 2 amide bonds. The number of rotatable bonds is 6. The molecule has 0 fully saturated rings. The number of nitrogens with zero attached hydrogens (tertiary/aromatic N) is 3. The van der Waals surface area contributed by atoms with Crippen LogP contribution in [0.3, 0.4) is 0 Å². The van der Waals surface area contributed by atoms with Crippen molar-refractivity contribution < 1.29 is 18.9 Å². The van der Waals surface area contributed by atoms with E-state index in [-0.39, 0.29) is 23.5 Å². The minimum absolute atomic E-state index is 0.0281. The van der Waals surface area contributed by atoms with Gasteiger partial charge in [0.2, 0.25) is 5.91 Å². The number of nitrogens with two attached hydrogens (primary N) is 1. The number of halogens is 1. The highest BCUT2D eigenvalue weighted by molar-refractivity contribution is 6.44. The lowest BCUT2D eigenvalue weighted by Crippen LogP contribution is -2.39. The molecule has 0 aromatic heterocycles. The summed E-state index contributed by atoms with van der Waals surface area (Å²) in [4.78, 5) is 35.1. The second-order valence-corrected chi connectivity index (χ2v) is 6.40. The summed E-state index contributed by atoms with van der Waals surface area (Å²) >= 11 is 0. The number of nitro groups is 1. The Morgan fingerprint density at radius 3 is 2.59 bits per heavy atom. The molecule has 3 rings (SSSR count). The smallest absolute Gasteiger partial charge is 0.274 e. The van der Waals surface area contributed by atoms with Crippen LogP contribution in [0.25, 0.3) is 0 Å². The summed E-state index contributed by atoms with van der Waals surface area (Å²) in [6.45, 7) is 1.79. The fraction of sp³-hybridized carbons (Fsp3) is 0.211. The molecule has 0 saturated carbocycles. The maximum atomic E-state index is 13.2. The van der Waals surface area contributed by atoms with Gasteiger partial charge < -0.3 is 11.1 Å². The SMILES string of the molecule is CCc1ccc(NC(=O)C2=NN(c3ccc(F)cc3)C(C(N)=O)C2)cc1[N+](=O)[O-]. The van der Waals surface area contributed by atoms with E-state index < -0.39 is 28.6 Å². The summed E-state index contributed by atoms with van der Waals surface area (Å²) < 4.78 is 13.2. The number of anilines is 2. The van der Waals surface area contributed by atoms with E-state index in [0.717, 1.165) is 0 Å². The van der Waals surface area contributed by atoms with Crippen molar-refractivity contribution >= 4 is 34.6 Å². The third-order valence-electron chi connectivity index (χ3n) is 4.51. The summed E-state index contributed by atoms with van der Waals surface area (Å²) in [5, 5.41) is 19.2. The minimum Gasteiger partial charge on any atom is -0.368 e. The Kier molecular flexibility index (Phi) is 5.53. The number of benzene rings is 2. The molecule has 1 atom stereocenters. The van der Waals surface area contributed by atoms with Crippen LogP contribution in [-0.4, -0.2) is 28.5 Å². The predicted molar refractivity (Wildman–Crippen MR) is 105 cm³/mol. The molecule has 2 aromatic carbocycles. The van der Waals surface area contributed by atoms with E-state index in [1.54, 1.807) is 19.1 Å². The van der Waals surface area contributed by atoms with Gasteiger partial charge in [0.1, 0.15) is 17.6 Å². The van der Waals surface area contributed by atoms with Crippen molar-refractivity contribution in [3.05, 3.63) is 64.0 Å². The van der Waals surface area contributed by atoms with Gasteiger partial charge in [0.15, 0.2) is 0 Å².